The summed E-state index contributed by atoms with van der Waals surface area (Å²) in [6, 6.07) is 6.92. The van der Waals surface area contributed by atoms with Crippen molar-refractivity contribution in [2.75, 3.05) is 5.43 Å². The number of anilines is 1. The van der Waals surface area contributed by atoms with Gasteiger partial charge in [0, 0.05) is 5.69 Å². The Morgan fingerprint density at radius 2 is 1.92 bits per heavy atom. The number of benzene rings is 1. The van der Waals surface area contributed by atoms with Crippen molar-refractivity contribution in [2.24, 2.45) is 5.84 Å². The number of hydrogen-bond acceptors (Lipinski definition) is 3. The minimum atomic E-state index is -0.830. The van der Waals surface area contributed by atoms with Gasteiger partial charge in [-0.05, 0) is 17.7 Å². The Kier molecular flexibility index (Phi) is 4.87. The maximum atomic E-state index is 10.3. The van der Waals surface area contributed by atoms with E-state index in [1.54, 1.807) is 24.3 Å². The predicted octanol–water partition coefficient (Wildman–Crippen LogP) is 1.02. The van der Waals surface area contributed by atoms with Gasteiger partial charge in [-0.3, -0.25) is 10.6 Å². The van der Waals surface area contributed by atoms with E-state index >= 15 is 0 Å². The minimum Gasteiger partial charge on any atom is -0.481 e. The molecule has 0 unspecified atom stereocenters. The summed E-state index contributed by atoms with van der Waals surface area (Å²) in [7, 11) is 0. The zero-order chi connectivity index (χ0) is 8.97. The van der Waals surface area contributed by atoms with E-state index in [2.05, 4.69) is 5.43 Å². The molecule has 0 fully saturated rings. The molecule has 0 aliphatic carbocycles. The lowest BCUT2D eigenvalue weighted by Crippen LogP contribution is -2.06. The Bertz CT molecular complexity index is 274. The first kappa shape index (κ1) is 11.7. The number of carboxylic acid groups (broad SMARTS) is 1. The summed E-state index contributed by atoms with van der Waals surface area (Å²) in [6.07, 6.45) is 0.0465. The summed E-state index contributed by atoms with van der Waals surface area (Å²) in [5.41, 5.74) is 3.99. The van der Waals surface area contributed by atoms with Gasteiger partial charge in [-0.25, -0.2) is 0 Å². The fourth-order valence-electron chi connectivity index (χ4n) is 0.893. The lowest BCUT2D eigenvalue weighted by atomic mass is 10.1. The first-order chi connectivity index (χ1) is 5.72. The summed E-state index contributed by atoms with van der Waals surface area (Å²) in [5.74, 6) is 4.30. The first-order valence-electron chi connectivity index (χ1n) is 3.49. The first-order valence-corrected chi connectivity index (χ1v) is 3.49. The zero-order valence-corrected chi connectivity index (χ0v) is 7.67. The fourth-order valence-corrected chi connectivity index (χ4v) is 0.893. The fraction of sp³-hybridized carbons (Fsp3) is 0.125. The van der Waals surface area contributed by atoms with Crippen LogP contribution < -0.4 is 11.3 Å². The van der Waals surface area contributed by atoms with Crippen LogP contribution in [0.4, 0.5) is 5.69 Å². The summed E-state index contributed by atoms with van der Waals surface area (Å²) in [4.78, 5) is 10.3. The molecule has 0 saturated carbocycles. The minimum absolute atomic E-state index is 0. The molecule has 0 heterocycles. The molecule has 0 radical (unpaired) electrons. The van der Waals surface area contributed by atoms with Gasteiger partial charge < -0.3 is 10.5 Å². The monoisotopic (exact) mass is 202 g/mol. The summed E-state index contributed by atoms with van der Waals surface area (Å²) >= 11 is 0. The number of hydrazine groups is 1. The molecule has 0 saturated heterocycles. The highest BCUT2D eigenvalue weighted by Crippen LogP contribution is 2.08. The van der Waals surface area contributed by atoms with Crippen molar-refractivity contribution < 1.29 is 9.90 Å². The number of hydrogen-bond donors (Lipinski definition) is 3. The second-order valence-electron chi connectivity index (χ2n) is 2.41. The second-order valence-corrected chi connectivity index (χ2v) is 2.41. The van der Waals surface area contributed by atoms with E-state index in [1.165, 1.54) is 0 Å². The average Bonchev–Trinajstić information content (AvgIpc) is 2.05. The van der Waals surface area contributed by atoms with Crippen molar-refractivity contribution >= 4 is 24.1 Å². The molecule has 0 bridgehead atoms. The number of carboxylic acids is 1. The van der Waals surface area contributed by atoms with Crippen LogP contribution in [0.2, 0.25) is 0 Å². The van der Waals surface area contributed by atoms with Gasteiger partial charge in [-0.2, -0.15) is 0 Å². The molecule has 5 heteroatoms. The van der Waals surface area contributed by atoms with Gasteiger partial charge in [-0.1, -0.05) is 12.1 Å². The molecule has 4 N–H and O–H groups in total. The van der Waals surface area contributed by atoms with Gasteiger partial charge in [-0.15, -0.1) is 12.4 Å². The molecule has 0 aromatic heterocycles. The molecule has 0 atom stereocenters. The van der Waals surface area contributed by atoms with Crippen molar-refractivity contribution in [1.82, 2.24) is 0 Å². The van der Waals surface area contributed by atoms with E-state index in [0.717, 1.165) is 11.3 Å². The van der Waals surface area contributed by atoms with Gasteiger partial charge >= 0.3 is 5.97 Å². The number of aliphatic carboxylic acids is 1. The van der Waals surface area contributed by atoms with Crippen molar-refractivity contribution in [3.05, 3.63) is 29.8 Å². The number of nitrogens with two attached hydrogens (primary N) is 1. The standard InChI is InChI=1S/C8H10N2O2.ClH/c9-10-7-3-1-6(2-4-7)5-8(11)12;/h1-4,10H,5,9H2,(H,11,12);1H. The van der Waals surface area contributed by atoms with Crippen molar-refractivity contribution in [1.29, 1.82) is 0 Å². The van der Waals surface area contributed by atoms with Crippen LogP contribution in [0, 0.1) is 0 Å². The molecule has 72 valence electrons. The maximum Gasteiger partial charge on any atom is 0.307 e. The highest BCUT2D eigenvalue weighted by molar-refractivity contribution is 5.85. The van der Waals surface area contributed by atoms with Gasteiger partial charge in [0.25, 0.3) is 0 Å². The summed E-state index contributed by atoms with van der Waals surface area (Å²) in [6.45, 7) is 0. The normalized spacial score (nSPS) is 8.69. The number of halogens is 1. The lowest BCUT2D eigenvalue weighted by Gasteiger charge is -2.00. The van der Waals surface area contributed by atoms with Crippen LogP contribution in [-0.4, -0.2) is 11.1 Å². The van der Waals surface area contributed by atoms with Crippen LogP contribution in [0.1, 0.15) is 5.56 Å². The number of nitrogen functional groups attached to an aromatic ring is 1. The molecule has 0 aliphatic rings. The lowest BCUT2D eigenvalue weighted by molar-refractivity contribution is -0.136. The average molecular weight is 203 g/mol. The van der Waals surface area contributed by atoms with Crippen LogP contribution in [0.5, 0.6) is 0 Å². The quantitative estimate of drug-likeness (QED) is 0.505. The Balaban J connectivity index is 0.00000144. The van der Waals surface area contributed by atoms with Gasteiger partial charge in [0.1, 0.15) is 0 Å². The molecule has 0 amide bonds. The summed E-state index contributed by atoms with van der Waals surface area (Å²) in [5, 5.41) is 8.45. The maximum absolute atomic E-state index is 10.3. The summed E-state index contributed by atoms with van der Waals surface area (Å²) < 4.78 is 0. The van der Waals surface area contributed by atoms with E-state index in [9.17, 15) is 4.79 Å². The molecular formula is C8H11ClN2O2. The molecule has 1 aromatic rings. The van der Waals surface area contributed by atoms with E-state index in [4.69, 9.17) is 10.9 Å². The van der Waals surface area contributed by atoms with Crippen LogP contribution >= 0.6 is 12.4 Å². The van der Waals surface area contributed by atoms with Crippen molar-refractivity contribution in [2.45, 2.75) is 6.42 Å². The molecule has 1 aromatic carbocycles. The zero-order valence-electron chi connectivity index (χ0n) is 6.86. The van der Waals surface area contributed by atoms with Gasteiger partial charge in [0.2, 0.25) is 0 Å². The SMILES string of the molecule is Cl.NNc1ccc(CC(=O)O)cc1. The van der Waals surface area contributed by atoms with Crippen LogP contribution in [0.15, 0.2) is 24.3 Å². The van der Waals surface area contributed by atoms with Gasteiger partial charge in [0.05, 0.1) is 6.42 Å². The third kappa shape index (κ3) is 3.78. The van der Waals surface area contributed by atoms with Crippen LogP contribution in [-0.2, 0) is 11.2 Å². The molecule has 13 heavy (non-hydrogen) atoms. The smallest absolute Gasteiger partial charge is 0.307 e. The van der Waals surface area contributed by atoms with E-state index in [1.807, 2.05) is 0 Å². The highest BCUT2D eigenvalue weighted by atomic mass is 35.5. The van der Waals surface area contributed by atoms with Gasteiger partial charge in [0.15, 0.2) is 0 Å². The third-order valence-electron chi connectivity index (χ3n) is 1.48. The second kappa shape index (κ2) is 5.40. The number of nitrogens with one attached hydrogen (secondary N) is 1. The topological polar surface area (TPSA) is 75.3 Å². The molecule has 4 nitrogen and oxygen atoms in total. The molecular weight excluding hydrogens is 192 g/mol. The number of carbonyl (C=O) groups is 1. The Morgan fingerprint density at radius 3 is 2.31 bits per heavy atom. The van der Waals surface area contributed by atoms with E-state index in [0.29, 0.717) is 0 Å². The van der Waals surface area contributed by atoms with Crippen LogP contribution in [0.3, 0.4) is 0 Å². The predicted molar refractivity (Wildman–Crippen MR) is 52.8 cm³/mol. The molecule has 0 spiro atoms. The highest BCUT2D eigenvalue weighted by Gasteiger charge is 1.98. The van der Waals surface area contributed by atoms with Crippen molar-refractivity contribution in [3.8, 4) is 0 Å². The Hall–Kier alpha value is -1.26. The molecule has 0 aliphatic heterocycles. The largest absolute Gasteiger partial charge is 0.481 e. The Labute approximate surface area is 82.1 Å². The molecule has 1 rings (SSSR count). The van der Waals surface area contributed by atoms with Crippen molar-refractivity contribution in [3.63, 3.8) is 0 Å². The van der Waals surface area contributed by atoms with E-state index < -0.39 is 5.97 Å². The van der Waals surface area contributed by atoms with E-state index in [-0.39, 0.29) is 18.8 Å². The third-order valence-corrected chi connectivity index (χ3v) is 1.48. The number of rotatable bonds is 3. The Morgan fingerprint density at radius 1 is 1.38 bits per heavy atom. The van der Waals surface area contributed by atoms with Crippen LogP contribution in [0.25, 0.3) is 0 Å².